The fourth-order valence-electron chi connectivity index (χ4n) is 2.82. The highest BCUT2D eigenvalue weighted by molar-refractivity contribution is 5.86. The first-order valence-electron chi connectivity index (χ1n) is 7.74. The van der Waals surface area contributed by atoms with E-state index in [0.717, 1.165) is 48.5 Å². The Morgan fingerprint density at radius 1 is 1.24 bits per heavy atom. The van der Waals surface area contributed by atoms with E-state index in [1.165, 1.54) is 12.8 Å². The Hall–Kier alpha value is -2.04. The number of benzene rings is 1. The minimum absolute atomic E-state index is 0.0893. The standard InChI is InChI=1S/C16H19N3O2/c20-15-12(3-1-2-8-17-15)18-11-6-7-14-13(9-11)19-16(21-14)10-4-5-10/h6-7,9-10,12,18H,1-5,8H2,(H,17,20)/t12-/m1/s1. The Balaban J connectivity index is 1.56. The van der Waals surface area contributed by atoms with E-state index in [2.05, 4.69) is 15.6 Å². The van der Waals surface area contributed by atoms with Crippen molar-refractivity contribution in [2.24, 2.45) is 0 Å². The quantitative estimate of drug-likeness (QED) is 0.910. The Labute approximate surface area is 123 Å². The van der Waals surface area contributed by atoms with Gasteiger partial charge in [-0.3, -0.25) is 4.79 Å². The van der Waals surface area contributed by atoms with Gasteiger partial charge in [0, 0.05) is 18.2 Å². The van der Waals surface area contributed by atoms with Crippen molar-refractivity contribution < 1.29 is 9.21 Å². The molecule has 1 aliphatic carbocycles. The van der Waals surface area contributed by atoms with Crippen LogP contribution in [0.25, 0.3) is 11.1 Å². The number of aromatic nitrogens is 1. The van der Waals surface area contributed by atoms with E-state index in [1.807, 2.05) is 18.2 Å². The predicted octanol–water partition coefficient (Wildman–Crippen LogP) is 2.79. The molecule has 1 saturated heterocycles. The predicted molar refractivity (Wildman–Crippen MR) is 80.3 cm³/mol. The number of carbonyl (C=O) groups is 1. The summed E-state index contributed by atoms with van der Waals surface area (Å²) in [6, 6.07) is 5.72. The fourth-order valence-corrected chi connectivity index (χ4v) is 2.82. The number of nitrogens with zero attached hydrogens (tertiary/aromatic N) is 1. The smallest absolute Gasteiger partial charge is 0.242 e. The van der Waals surface area contributed by atoms with Crippen LogP contribution < -0.4 is 10.6 Å². The second kappa shape index (κ2) is 5.06. The Morgan fingerprint density at radius 2 is 2.14 bits per heavy atom. The molecule has 1 aromatic carbocycles. The number of nitrogens with one attached hydrogen (secondary N) is 2. The van der Waals surface area contributed by atoms with Gasteiger partial charge >= 0.3 is 0 Å². The van der Waals surface area contributed by atoms with E-state index in [0.29, 0.717) is 5.92 Å². The van der Waals surface area contributed by atoms with Gasteiger partial charge in [0.15, 0.2) is 11.5 Å². The molecule has 2 N–H and O–H groups in total. The van der Waals surface area contributed by atoms with Crippen molar-refractivity contribution in [2.75, 3.05) is 11.9 Å². The van der Waals surface area contributed by atoms with E-state index in [4.69, 9.17) is 4.42 Å². The molecular weight excluding hydrogens is 266 g/mol. The number of rotatable bonds is 3. The molecule has 1 aromatic heterocycles. The third-order valence-corrected chi connectivity index (χ3v) is 4.21. The molecule has 4 rings (SSSR count). The molecule has 0 bridgehead atoms. The summed E-state index contributed by atoms with van der Waals surface area (Å²) in [5.74, 6) is 1.46. The van der Waals surface area contributed by atoms with Crippen LogP contribution in [0.3, 0.4) is 0 Å². The third-order valence-electron chi connectivity index (χ3n) is 4.21. The van der Waals surface area contributed by atoms with Crippen molar-refractivity contribution in [1.29, 1.82) is 0 Å². The van der Waals surface area contributed by atoms with Gasteiger partial charge in [0.05, 0.1) is 0 Å². The summed E-state index contributed by atoms with van der Waals surface area (Å²) in [5, 5.41) is 6.27. The average molecular weight is 285 g/mol. The lowest BCUT2D eigenvalue weighted by molar-refractivity contribution is -0.121. The zero-order chi connectivity index (χ0) is 14.2. The molecule has 1 amide bonds. The van der Waals surface area contributed by atoms with E-state index in [-0.39, 0.29) is 11.9 Å². The van der Waals surface area contributed by atoms with Gasteiger partial charge in [0.2, 0.25) is 5.91 Å². The first-order valence-corrected chi connectivity index (χ1v) is 7.74. The molecule has 2 fully saturated rings. The van der Waals surface area contributed by atoms with Crippen LogP contribution in [0.5, 0.6) is 0 Å². The lowest BCUT2D eigenvalue weighted by Gasteiger charge is -2.16. The van der Waals surface area contributed by atoms with Crippen molar-refractivity contribution in [1.82, 2.24) is 10.3 Å². The largest absolute Gasteiger partial charge is 0.440 e. The number of fused-ring (bicyclic) bond motifs is 1. The molecule has 5 heteroatoms. The highest BCUT2D eigenvalue weighted by atomic mass is 16.3. The minimum Gasteiger partial charge on any atom is -0.440 e. The maximum atomic E-state index is 12.0. The molecule has 5 nitrogen and oxygen atoms in total. The second-order valence-electron chi connectivity index (χ2n) is 5.99. The summed E-state index contributed by atoms with van der Waals surface area (Å²) in [4.78, 5) is 16.5. The van der Waals surface area contributed by atoms with Gasteiger partial charge in [-0.15, -0.1) is 0 Å². The van der Waals surface area contributed by atoms with E-state index < -0.39 is 0 Å². The molecule has 0 radical (unpaired) electrons. The van der Waals surface area contributed by atoms with E-state index in [1.54, 1.807) is 0 Å². The number of anilines is 1. The van der Waals surface area contributed by atoms with E-state index >= 15 is 0 Å². The summed E-state index contributed by atoms with van der Waals surface area (Å²) in [6.45, 7) is 0.782. The molecule has 1 saturated carbocycles. The van der Waals surface area contributed by atoms with Gasteiger partial charge in [0.25, 0.3) is 0 Å². The van der Waals surface area contributed by atoms with Crippen LogP contribution >= 0.6 is 0 Å². The maximum Gasteiger partial charge on any atom is 0.242 e. The number of hydrogen-bond donors (Lipinski definition) is 2. The zero-order valence-corrected chi connectivity index (χ0v) is 11.9. The average Bonchev–Trinajstić information content (AvgIpc) is 3.27. The normalized spacial score (nSPS) is 22.9. The van der Waals surface area contributed by atoms with Gasteiger partial charge in [-0.05, 0) is 50.3 Å². The van der Waals surface area contributed by atoms with Gasteiger partial charge in [0.1, 0.15) is 11.6 Å². The highest BCUT2D eigenvalue weighted by Gasteiger charge is 2.29. The number of hydrogen-bond acceptors (Lipinski definition) is 4. The number of amides is 1. The molecule has 1 aliphatic heterocycles. The SMILES string of the molecule is O=C1NCCCC[C@H]1Nc1ccc2oc(C3CC3)nc2c1. The minimum atomic E-state index is -0.153. The lowest BCUT2D eigenvalue weighted by atomic mass is 10.1. The molecule has 21 heavy (non-hydrogen) atoms. The van der Waals surface area contributed by atoms with Crippen LogP contribution in [-0.4, -0.2) is 23.5 Å². The van der Waals surface area contributed by atoms with Crippen molar-refractivity contribution >= 4 is 22.7 Å². The van der Waals surface area contributed by atoms with Crippen LogP contribution in [0.2, 0.25) is 0 Å². The number of carbonyl (C=O) groups excluding carboxylic acids is 1. The lowest BCUT2D eigenvalue weighted by Crippen LogP contribution is -2.37. The van der Waals surface area contributed by atoms with Gasteiger partial charge < -0.3 is 15.1 Å². The van der Waals surface area contributed by atoms with Crippen molar-refractivity contribution in [2.45, 2.75) is 44.1 Å². The topological polar surface area (TPSA) is 67.2 Å². The molecule has 1 atom stereocenters. The van der Waals surface area contributed by atoms with Crippen molar-refractivity contribution in [3.63, 3.8) is 0 Å². The Morgan fingerprint density at radius 3 is 3.00 bits per heavy atom. The molecule has 0 spiro atoms. The summed E-state index contributed by atoms with van der Waals surface area (Å²) in [5.41, 5.74) is 2.63. The second-order valence-corrected chi connectivity index (χ2v) is 5.99. The maximum absolute atomic E-state index is 12.0. The van der Waals surface area contributed by atoms with Crippen LogP contribution in [0.1, 0.15) is 43.9 Å². The van der Waals surface area contributed by atoms with Gasteiger partial charge in [-0.2, -0.15) is 0 Å². The zero-order valence-electron chi connectivity index (χ0n) is 11.9. The van der Waals surface area contributed by atoms with Crippen molar-refractivity contribution in [3.8, 4) is 0 Å². The first kappa shape index (κ1) is 12.7. The van der Waals surface area contributed by atoms with Crippen LogP contribution in [0.4, 0.5) is 5.69 Å². The van der Waals surface area contributed by atoms with E-state index in [9.17, 15) is 4.79 Å². The molecule has 2 heterocycles. The summed E-state index contributed by atoms with van der Waals surface area (Å²) < 4.78 is 5.76. The fraction of sp³-hybridized carbons (Fsp3) is 0.500. The first-order chi connectivity index (χ1) is 10.3. The number of oxazole rings is 1. The van der Waals surface area contributed by atoms with Gasteiger partial charge in [-0.1, -0.05) is 0 Å². The molecule has 0 unspecified atom stereocenters. The summed E-state index contributed by atoms with van der Waals surface area (Å²) in [7, 11) is 0. The monoisotopic (exact) mass is 285 g/mol. The van der Waals surface area contributed by atoms with Crippen molar-refractivity contribution in [3.05, 3.63) is 24.1 Å². The molecule has 110 valence electrons. The highest BCUT2D eigenvalue weighted by Crippen LogP contribution is 2.40. The summed E-state index contributed by atoms with van der Waals surface area (Å²) >= 11 is 0. The molecule has 2 aliphatic rings. The van der Waals surface area contributed by atoms with Crippen LogP contribution in [0, 0.1) is 0 Å². The van der Waals surface area contributed by atoms with Crippen LogP contribution in [0.15, 0.2) is 22.6 Å². The van der Waals surface area contributed by atoms with Gasteiger partial charge in [-0.25, -0.2) is 4.98 Å². The summed E-state index contributed by atoms with van der Waals surface area (Å²) in [6.07, 6.45) is 5.35. The Bertz CT molecular complexity index is 675. The molecule has 2 aromatic rings. The van der Waals surface area contributed by atoms with Crippen LogP contribution in [-0.2, 0) is 4.79 Å². The Kier molecular flexibility index (Phi) is 3.05. The molecular formula is C16H19N3O2. The third kappa shape index (κ3) is 2.60.